The van der Waals surface area contributed by atoms with Gasteiger partial charge in [-0.1, -0.05) is 18.2 Å². The Morgan fingerprint density at radius 1 is 1.03 bits per heavy atom. The lowest BCUT2D eigenvalue weighted by Gasteiger charge is -2.41. The molecule has 0 aliphatic carbocycles. The number of nitrogens with two attached hydrogens (primary N) is 1. The van der Waals surface area contributed by atoms with Crippen LogP contribution >= 0.6 is 24.8 Å². The standard InChI is InChI=1S/C29H32N6O.2ClH/c1-19-9-10-23-24(32-19)6-4-7-25(23)34-16-15-33(20(2)17-34)14-13-21-5-3-8-26-22(21)11-12-27-28(29(30)36)31-18-35(26)27;;/h3-10,18,20H,11-17H2,1-2H3,(H2,30,36);2*1H/t20-;;/m1../s1. The number of aromatic nitrogens is 3. The highest BCUT2D eigenvalue weighted by molar-refractivity contribution is 5.93. The quantitative estimate of drug-likeness (QED) is 0.393. The Hall–Kier alpha value is -3.13. The first-order valence-corrected chi connectivity index (χ1v) is 12.8. The van der Waals surface area contributed by atoms with Crippen molar-refractivity contribution in [2.24, 2.45) is 5.73 Å². The molecule has 38 heavy (non-hydrogen) atoms. The van der Waals surface area contributed by atoms with Crippen molar-refractivity contribution in [3.8, 4) is 5.69 Å². The lowest BCUT2D eigenvalue weighted by molar-refractivity contribution is 0.0995. The maximum absolute atomic E-state index is 11.7. The Labute approximate surface area is 235 Å². The molecule has 2 aromatic carbocycles. The monoisotopic (exact) mass is 552 g/mol. The van der Waals surface area contributed by atoms with Crippen LogP contribution in [0.3, 0.4) is 0 Å². The van der Waals surface area contributed by atoms with Gasteiger partial charge in [0.1, 0.15) is 12.0 Å². The largest absolute Gasteiger partial charge is 0.368 e. The van der Waals surface area contributed by atoms with Gasteiger partial charge < -0.3 is 15.2 Å². The highest BCUT2D eigenvalue weighted by atomic mass is 35.5. The molecule has 2 aliphatic heterocycles. The van der Waals surface area contributed by atoms with E-state index >= 15 is 0 Å². The molecule has 6 rings (SSSR count). The number of rotatable bonds is 5. The van der Waals surface area contributed by atoms with Crippen molar-refractivity contribution in [3.63, 3.8) is 0 Å². The first-order valence-electron chi connectivity index (χ1n) is 12.8. The molecule has 2 aliphatic rings. The molecule has 0 bridgehead atoms. The summed E-state index contributed by atoms with van der Waals surface area (Å²) in [5.74, 6) is -0.452. The third-order valence-electron chi connectivity index (χ3n) is 7.84. The average Bonchev–Trinajstić information content (AvgIpc) is 3.32. The van der Waals surface area contributed by atoms with Crippen LogP contribution in [0, 0.1) is 6.92 Å². The van der Waals surface area contributed by atoms with Gasteiger partial charge in [-0.25, -0.2) is 4.98 Å². The van der Waals surface area contributed by atoms with E-state index in [1.807, 2.05) is 11.5 Å². The number of carbonyl (C=O) groups excluding carboxylic acids is 1. The van der Waals surface area contributed by atoms with Crippen LogP contribution in [-0.4, -0.2) is 57.6 Å². The summed E-state index contributed by atoms with van der Waals surface area (Å²) < 4.78 is 2.05. The van der Waals surface area contributed by atoms with E-state index in [-0.39, 0.29) is 24.8 Å². The normalized spacial score (nSPS) is 16.8. The molecule has 9 heteroatoms. The first-order chi connectivity index (χ1) is 17.5. The Bertz CT molecular complexity index is 1470. The summed E-state index contributed by atoms with van der Waals surface area (Å²) in [6.45, 7) is 8.48. The Balaban J connectivity index is 0.00000168. The summed E-state index contributed by atoms with van der Waals surface area (Å²) in [6.07, 6.45) is 4.45. The number of hydrogen-bond donors (Lipinski definition) is 1. The summed E-state index contributed by atoms with van der Waals surface area (Å²) in [5.41, 5.74) is 14.1. The molecule has 1 amide bonds. The zero-order valence-corrected chi connectivity index (χ0v) is 23.4. The van der Waals surface area contributed by atoms with Gasteiger partial charge in [-0.2, -0.15) is 0 Å². The minimum Gasteiger partial charge on any atom is -0.368 e. The predicted molar refractivity (Wildman–Crippen MR) is 157 cm³/mol. The van der Waals surface area contributed by atoms with E-state index in [1.54, 1.807) is 6.33 Å². The van der Waals surface area contributed by atoms with Crippen LogP contribution in [0.15, 0.2) is 54.9 Å². The highest BCUT2D eigenvalue weighted by Gasteiger charge is 2.27. The number of fused-ring (bicyclic) bond motifs is 4. The first kappa shape index (κ1) is 27.9. The second-order valence-corrected chi connectivity index (χ2v) is 10.1. The lowest BCUT2D eigenvalue weighted by Crippen LogP contribution is -2.52. The van der Waals surface area contributed by atoms with Crippen LogP contribution in [0.5, 0.6) is 0 Å². The van der Waals surface area contributed by atoms with Crippen LogP contribution in [-0.2, 0) is 19.3 Å². The summed E-state index contributed by atoms with van der Waals surface area (Å²) in [4.78, 5) is 25.9. The molecule has 0 unspecified atom stereocenters. The van der Waals surface area contributed by atoms with E-state index in [0.717, 1.165) is 68.0 Å². The SMILES string of the molecule is Cc1ccc2c(N3CCN(CCc4cccc5c4CCc4c(C(N)=O)ncn4-5)[C@H](C)C3)cccc2n1.Cl.Cl. The maximum Gasteiger partial charge on any atom is 0.269 e. The molecule has 1 atom stereocenters. The van der Waals surface area contributed by atoms with Gasteiger partial charge in [-0.3, -0.25) is 14.7 Å². The molecule has 1 fully saturated rings. The molecule has 0 spiro atoms. The molecule has 2 N–H and O–H groups in total. The summed E-state index contributed by atoms with van der Waals surface area (Å²) in [7, 11) is 0. The minimum absolute atomic E-state index is 0. The number of primary amides is 1. The Morgan fingerprint density at radius 3 is 2.61 bits per heavy atom. The molecule has 7 nitrogen and oxygen atoms in total. The number of hydrogen-bond acceptors (Lipinski definition) is 5. The molecule has 4 aromatic rings. The van der Waals surface area contributed by atoms with Crippen LogP contribution in [0.25, 0.3) is 16.6 Å². The number of imidazole rings is 1. The highest BCUT2D eigenvalue weighted by Crippen LogP contribution is 2.31. The Kier molecular flexibility index (Phi) is 8.31. The van der Waals surface area contributed by atoms with E-state index in [9.17, 15) is 4.79 Å². The molecule has 200 valence electrons. The molecule has 1 saturated heterocycles. The van der Waals surface area contributed by atoms with Gasteiger partial charge in [0.2, 0.25) is 0 Å². The lowest BCUT2D eigenvalue weighted by atomic mass is 9.93. The van der Waals surface area contributed by atoms with Crippen molar-refractivity contribution in [2.45, 2.75) is 39.2 Å². The van der Waals surface area contributed by atoms with Gasteiger partial charge in [0.15, 0.2) is 0 Å². The summed E-state index contributed by atoms with van der Waals surface area (Å²) in [6, 6.07) is 17.7. The van der Waals surface area contributed by atoms with Crippen LogP contribution in [0.4, 0.5) is 5.69 Å². The molecule has 2 aromatic heterocycles. The second kappa shape index (κ2) is 11.3. The van der Waals surface area contributed by atoms with Crippen LogP contribution in [0.2, 0.25) is 0 Å². The Morgan fingerprint density at radius 2 is 1.82 bits per heavy atom. The fourth-order valence-corrected chi connectivity index (χ4v) is 5.97. The predicted octanol–water partition coefficient (Wildman–Crippen LogP) is 4.52. The number of amides is 1. The van der Waals surface area contributed by atoms with Crippen molar-refractivity contribution < 1.29 is 4.79 Å². The van der Waals surface area contributed by atoms with Gasteiger partial charge in [0.25, 0.3) is 5.91 Å². The zero-order chi connectivity index (χ0) is 24.8. The van der Waals surface area contributed by atoms with Crippen LogP contribution < -0.4 is 10.6 Å². The van der Waals surface area contributed by atoms with Gasteiger partial charge >= 0.3 is 0 Å². The van der Waals surface area contributed by atoms with Gasteiger partial charge in [0, 0.05) is 49.0 Å². The van der Waals surface area contributed by atoms with Crippen molar-refractivity contribution >= 4 is 47.3 Å². The van der Waals surface area contributed by atoms with E-state index in [4.69, 9.17) is 10.7 Å². The third kappa shape index (κ3) is 4.98. The van der Waals surface area contributed by atoms with Crippen LogP contribution in [0.1, 0.15) is 39.9 Å². The number of anilines is 1. The van der Waals surface area contributed by atoms with E-state index in [1.165, 1.54) is 22.2 Å². The number of aryl methyl sites for hydroxylation is 1. The van der Waals surface area contributed by atoms with Gasteiger partial charge in [-0.05, 0) is 74.6 Å². The number of halogens is 2. The minimum atomic E-state index is -0.452. The second-order valence-electron chi connectivity index (χ2n) is 10.1. The van der Waals surface area contributed by atoms with E-state index in [2.05, 4.69) is 70.2 Å². The molecule has 0 radical (unpaired) electrons. The number of benzene rings is 2. The summed E-state index contributed by atoms with van der Waals surface area (Å²) >= 11 is 0. The van der Waals surface area contributed by atoms with Crippen molar-refractivity contribution in [3.05, 3.63) is 83.1 Å². The van der Waals surface area contributed by atoms with Crippen molar-refractivity contribution in [1.82, 2.24) is 19.4 Å². The maximum atomic E-state index is 11.7. The van der Waals surface area contributed by atoms with Crippen molar-refractivity contribution in [1.29, 1.82) is 0 Å². The number of nitrogens with zero attached hydrogens (tertiary/aromatic N) is 5. The molecule has 4 heterocycles. The molecular formula is C29H34Cl2N6O. The van der Waals surface area contributed by atoms with Crippen molar-refractivity contribution in [2.75, 3.05) is 31.1 Å². The molecule has 0 saturated carbocycles. The number of pyridine rings is 1. The number of carbonyl (C=O) groups is 1. The smallest absolute Gasteiger partial charge is 0.269 e. The third-order valence-corrected chi connectivity index (χ3v) is 7.84. The molecular weight excluding hydrogens is 519 g/mol. The zero-order valence-electron chi connectivity index (χ0n) is 21.8. The summed E-state index contributed by atoms with van der Waals surface area (Å²) in [5, 5.41) is 1.23. The van der Waals surface area contributed by atoms with Gasteiger partial charge in [0.05, 0.1) is 16.9 Å². The van der Waals surface area contributed by atoms with E-state index in [0.29, 0.717) is 11.7 Å². The number of piperazine rings is 1. The fourth-order valence-electron chi connectivity index (χ4n) is 5.97. The van der Waals surface area contributed by atoms with E-state index < -0.39 is 5.91 Å². The fraction of sp³-hybridized carbons (Fsp3) is 0.345. The topological polar surface area (TPSA) is 80.3 Å². The van der Waals surface area contributed by atoms with Gasteiger partial charge in [-0.15, -0.1) is 24.8 Å². The average molecular weight is 554 g/mol.